The molecule has 0 unspecified atom stereocenters. The van der Waals surface area contributed by atoms with Crippen LogP contribution in [0.15, 0.2) is 71.9 Å². The van der Waals surface area contributed by atoms with Gasteiger partial charge < -0.3 is 13.8 Å². The lowest BCUT2D eigenvalue weighted by Gasteiger charge is -2.04. The molecule has 0 amide bonds. The molecule has 0 bridgehead atoms. The molecule has 5 aromatic rings. The van der Waals surface area contributed by atoms with Crippen molar-refractivity contribution >= 4 is 5.65 Å². The first kappa shape index (κ1) is 16.2. The van der Waals surface area contributed by atoms with E-state index in [0.717, 1.165) is 34.0 Å². The summed E-state index contributed by atoms with van der Waals surface area (Å²) in [6, 6.07) is 11.4. The quantitative estimate of drug-likeness (QED) is 0.471. The Hall–Kier alpha value is -3.94. The van der Waals surface area contributed by atoms with Crippen molar-refractivity contribution in [3.05, 3.63) is 73.1 Å². The number of rotatable bonds is 5. The summed E-state index contributed by atoms with van der Waals surface area (Å²) >= 11 is 0. The summed E-state index contributed by atoms with van der Waals surface area (Å²) in [6.45, 7) is 0.521. The van der Waals surface area contributed by atoms with Gasteiger partial charge in [-0.25, -0.2) is 14.5 Å². The molecule has 8 heteroatoms. The second-order valence-electron chi connectivity index (χ2n) is 6.24. The molecule has 8 nitrogen and oxygen atoms in total. The minimum absolute atomic E-state index is 0.521. The van der Waals surface area contributed by atoms with Crippen molar-refractivity contribution in [2.45, 2.75) is 6.54 Å². The number of nitrogens with zero attached hydrogens (tertiary/aromatic N) is 6. The van der Waals surface area contributed by atoms with Gasteiger partial charge >= 0.3 is 0 Å². The Kier molecular flexibility index (Phi) is 3.86. The Balaban J connectivity index is 1.45. The van der Waals surface area contributed by atoms with Crippen molar-refractivity contribution in [2.75, 3.05) is 7.11 Å². The molecular formula is C20H16N6O2. The zero-order chi connectivity index (χ0) is 18.9. The Bertz CT molecular complexity index is 1250. The minimum atomic E-state index is 0.521. The fourth-order valence-electron chi connectivity index (χ4n) is 3.14. The summed E-state index contributed by atoms with van der Waals surface area (Å²) in [6.07, 6.45) is 9.03. The van der Waals surface area contributed by atoms with Crippen LogP contribution in [0.5, 0.6) is 5.75 Å². The van der Waals surface area contributed by atoms with Crippen LogP contribution in [0.4, 0.5) is 0 Å². The van der Waals surface area contributed by atoms with Crippen molar-refractivity contribution < 1.29 is 9.26 Å². The molecule has 28 heavy (non-hydrogen) atoms. The maximum Gasteiger partial charge on any atom is 0.167 e. The van der Waals surface area contributed by atoms with Gasteiger partial charge in [0.2, 0.25) is 0 Å². The Morgan fingerprint density at radius 1 is 1.07 bits per heavy atom. The summed E-state index contributed by atoms with van der Waals surface area (Å²) in [5.41, 5.74) is 3.33. The average Bonchev–Trinajstić information content (AvgIpc) is 3.48. The maximum atomic E-state index is 5.53. The fraction of sp³-hybridized carbons (Fsp3) is 0.100. The van der Waals surface area contributed by atoms with Crippen LogP contribution >= 0.6 is 0 Å². The highest BCUT2D eigenvalue weighted by Crippen LogP contribution is 2.26. The normalized spacial score (nSPS) is 11.2. The van der Waals surface area contributed by atoms with E-state index in [2.05, 4.69) is 20.2 Å². The number of imidazole rings is 1. The van der Waals surface area contributed by atoms with Gasteiger partial charge in [-0.2, -0.15) is 5.10 Å². The topological polar surface area (TPSA) is 83.3 Å². The lowest BCUT2D eigenvalue weighted by atomic mass is 10.1. The van der Waals surface area contributed by atoms with Crippen LogP contribution in [0, 0.1) is 0 Å². The standard InChI is InChI=1S/C20H16N6O2/c1-27-16-5-2-4-14(10-16)18-11-15(24-28-18)13-25-9-7-22-19(25)17-12-23-26-8-3-6-21-20(17)26/h2-12H,13H2,1H3. The average molecular weight is 372 g/mol. The maximum absolute atomic E-state index is 5.53. The third kappa shape index (κ3) is 2.81. The lowest BCUT2D eigenvalue weighted by Crippen LogP contribution is -2.01. The van der Waals surface area contributed by atoms with Gasteiger partial charge in [-0.15, -0.1) is 0 Å². The monoisotopic (exact) mass is 372 g/mol. The molecule has 0 N–H and O–H groups in total. The summed E-state index contributed by atoms with van der Waals surface area (Å²) < 4.78 is 14.5. The van der Waals surface area contributed by atoms with Gasteiger partial charge in [-0.1, -0.05) is 17.3 Å². The van der Waals surface area contributed by atoms with Gasteiger partial charge in [0.05, 0.1) is 25.4 Å². The molecule has 0 saturated heterocycles. The van der Waals surface area contributed by atoms with Crippen LogP contribution in [0.3, 0.4) is 0 Å². The highest BCUT2D eigenvalue weighted by molar-refractivity contribution is 5.72. The van der Waals surface area contributed by atoms with Gasteiger partial charge in [0, 0.05) is 36.4 Å². The molecule has 4 aromatic heterocycles. The van der Waals surface area contributed by atoms with Gasteiger partial charge in [0.25, 0.3) is 0 Å². The molecule has 0 saturated carbocycles. The SMILES string of the molecule is COc1cccc(-c2cc(Cn3ccnc3-c3cnn4cccnc34)no2)c1. The van der Waals surface area contributed by atoms with E-state index in [1.165, 1.54) is 0 Å². The summed E-state index contributed by atoms with van der Waals surface area (Å²) in [5.74, 6) is 2.24. The number of ether oxygens (including phenoxy) is 1. The smallest absolute Gasteiger partial charge is 0.167 e. The van der Waals surface area contributed by atoms with Crippen LogP contribution in [0.25, 0.3) is 28.4 Å². The molecule has 0 aliphatic heterocycles. The molecule has 0 atom stereocenters. The fourth-order valence-corrected chi connectivity index (χ4v) is 3.14. The van der Waals surface area contributed by atoms with Crippen molar-refractivity contribution in [3.63, 3.8) is 0 Å². The summed E-state index contributed by atoms with van der Waals surface area (Å²) in [4.78, 5) is 8.89. The number of benzene rings is 1. The van der Waals surface area contributed by atoms with Gasteiger partial charge in [0.1, 0.15) is 17.3 Å². The van der Waals surface area contributed by atoms with Crippen LogP contribution in [-0.2, 0) is 6.54 Å². The zero-order valence-corrected chi connectivity index (χ0v) is 15.1. The second-order valence-corrected chi connectivity index (χ2v) is 6.24. The lowest BCUT2D eigenvalue weighted by molar-refractivity contribution is 0.412. The number of hydrogen-bond acceptors (Lipinski definition) is 6. The van der Waals surface area contributed by atoms with E-state index >= 15 is 0 Å². The molecule has 0 spiro atoms. The first-order valence-electron chi connectivity index (χ1n) is 8.72. The highest BCUT2D eigenvalue weighted by atomic mass is 16.5. The predicted octanol–water partition coefficient (Wildman–Crippen LogP) is 3.30. The van der Waals surface area contributed by atoms with Crippen molar-refractivity contribution in [1.82, 2.24) is 29.3 Å². The molecule has 5 rings (SSSR count). The van der Waals surface area contributed by atoms with Crippen LogP contribution in [-0.4, -0.2) is 36.4 Å². The third-order valence-electron chi connectivity index (χ3n) is 4.48. The van der Waals surface area contributed by atoms with E-state index in [-0.39, 0.29) is 0 Å². The molecule has 0 aliphatic rings. The Morgan fingerprint density at radius 3 is 2.96 bits per heavy atom. The van der Waals surface area contributed by atoms with E-state index in [0.29, 0.717) is 12.3 Å². The molecule has 0 fully saturated rings. The van der Waals surface area contributed by atoms with Crippen LogP contribution in [0.1, 0.15) is 5.69 Å². The molecule has 4 heterocycles. The third-order valence-corrected chi connectivity index (χ3v) is 4.48. The Labute approximate surface area is 160 Å². The number of aromatic nitrogens is 6. The number of methoxy groups -OCH3 is 1. The van der Waals surface area contributed by atoms with Gasteiger partial charge in [-0.3, -0.25) is 0 Å². The van der Waals surface area contributed by atoms with E-state index in [1.54, 1.807) is 30.2 Å². The summed E-state index contributed by atoms with van der Waals surface area (Å²) in [5, 5.41) is 8.54. The Morgan fingerprint density at radius 2 is 2.04 bits per heavy atom. The molecular weight excluding hydrogens is 356 g/mol. The predicted molar refractivity (Wildman–Crippen MR) is 102 cm³/mol. The first-order chi connectivity index (χ1) is 13.8. The highest BCUT2D eigenvalue weighted by Gasteiger charge is 2.15. The van der Waals surface area contributed by atoms with E-state index < -0.39 is 0 Å². The largest absolute Gasteiger partial charge is 0.497 e. The van der Waals surface area contributed by atoms with Gasteiger partial charge in [-0.05, 0) is 18.2 Å². The van der Waals surface area contributed by atoms with Crippen LogP contribution in [0.2, 0.25) is 0 Å². The van der Waals surface area contributed by atoms with E-state index in [1.807, 2.05) is 53.4 Å². The second kappa shape index (κ2) is 6.66. The van der Waals surface area contributed by atoms with Crippen LogP contribution < -0.4 is 4.74 Å². The molecule has 138 valence electrons. The van der Waals surface area contributed by atoms with Crippen molar-refractivity contribution in [2.24, 2.45) is 0 Å². The molecule has 1 aromatic carbocycles. The van der Waals surface area contributed by atoms with E-state index in [4.69, 9.17) is 9.26 Å². The molecule has 0 aliphatic carbocycles. The minimum Gasteiger partial charge on any atom is -0.497 e. The zero-order valence-electron chi connectivity index (χ0n) is 15.1. The first-order valence-corrected chi connectivity index (χ1v) is 8.72. The van der Waals surface area contributed by atoms with Crippen molar-refractivity contribution in [1.29, 1.82) is 0 Å². The molecule has 0 radical (unpaired) electrons. The number of hydrogen-bond donors (Lipinski definition) is 0. The van der Waals surface area contributed by atoms with E-state index in [9.17, 15) is 0 Å². The number of fused-ring (bicyclic) bond motifs is 1. The van der Waals surface area contributed by atoms with Gasteiger partial charge in [0.15, 0.2) is 11.4 Å². The summed E-state index contributed by atoms with van der Waals surface area (Å²) in [7, 11) is 1.64. The van der Waals surface area contributed by atoms with Crippen molar-refractivity contribution in [3.8, 4) is 28.5 Å².